The van der Waals surface area contributed by atoms with Crippen molar-refractivity contribution in [3.05, 3.63) is 33.2 Å². The summed E-state index contributed by atoms with van der Waals surface area (Å²) in [4.78, 5) is 9.84. The highest BCUT2D eigenvalue weighted by molar-refractivity contribution is 9.11. The van der Waals surface area contributed by atoms with E-state index in [0.717, 1.165) is 42.0 Å². The molecule has 0 radical (unpaired) electrons. The van der Waals surface area contributed by atoms with Crippen LogP contribution in [0.5, 0.6) is 11.5 Å². The van der Waals surface area contributed by atoms with Crippen LogP contribution in [0.4, 0.5) is 0 Å². The molecule has 0 aliphatic carbocycles. The monoisotopic (exact) mass is 505 g/mol. The summed E-state index contributed by atoms with van der Waals surface area (Å²) < 4.78 is 16.0. The number of fused-ring (bicyclic) bond motifs is 4. The van der Waals surface area contributed by atoms with E-state index in [9.17, 15) is 0 Å². The smallest absolute Gasteiger partial charge is 0.163 e. The summed E-state index contributed by atoms with van der Waals surface area (Å²) in [5, 5.41) is 1.04. The fourth-order valence-electron chi connectivity index (χ4n) is 3.35. The summed E-state index contributed by atoms with van der Waals surface area (Å²) in [6.07, 6.45) is 0.0719. The number of nitrogens with zero attached hydrogens (tertiary/aromatic N) is 3. The number of rotatable bonds is 4. The second kappa shape index (κ2) is 7.19. The molecule has 0 fully saturated rings. The maximum absolute atomic E-state index is 5.98. The minimum absolute atomic E-state index is 0.0353. The predicted octanol–water partition coefficient (Wildman–Crippen LogP) is 6.37. The van der Waals surface area contributed by atoms with Gasteiger partial charge in [0, 0.05) is 33.5 Å². The molecule has 4 rings (SSSR count). The molecule has 0 N–H and O–H groups in total. The van der Waals surface area contributed by atoms with E-state index in [1.54, 1.807) is 0 Å². The molecule has 2 heterocycles. The molecule has 0 spiro atoms. The van der Waals surface area contributed by atoms with Gasteiger partial charge >= 0.3 is 0 Å². The molecule has 2 aromatic carbocycles. The molecule has 0 saturated heterocycles. The summed E-state index contributed by atoms with van der Waals surface area (Å²) in [6, 6.07) is 7.95. The highest BCUT2D eigenvalue weighted by Crippen LogP contribution is 2.37. The molecule has 0 saturated carbocycles. The number of hydrogen-bond acceptors (Lipinski definition) is 4. The molecule has 0 atom stereocenters. The molecule has 5 nitrogen and oxygen atoms in total. The average molecular weight is 507 g/mol. The van der Waals surface area contributed by atoms with Crippen LogP contribution in [0.25, 0.3) is 33.1 Å². The maximum Gasteiger partial charge on any atom is 0.163 e. The molecule has 0 aliphatic heterocycles. The van der Waals surface area contributed by atoms with Crippen LogP contribution < -0.4 is 9.47 Å². The second-order valence-corrected chi connectivity index (χ2v) is 9.13. The van der Waals surface area contributed by atoms with Crippen LogP contribution in [0.1, 0.15) is 27.7 Å². The van der Waals surface area contributed by atoms with E-state index >= 15 is 0 Å². The van der Waals surface area contributed by atoms with Crippen LogP contribution in [-0.2, 0) is 7.05 Å². The highest BCUT2D eigenvalue weighted by Gasteiger charge is 2.18. The van der Waals surface area contributed by atoms with Gasteiger partial charge in [-0.15, -0.1) is 0 Å². The minimum Gasteiger partial charge on any atom is -0.487 e. The van der Waals surface area contributed by atoms with Gasteiger partial charge in [-0.3, -0.25) is 0 Å². The van der Waals surface area contributed by atoms with Crippen molar-refractivity contribution in [3.63, 3.8) is 0 Å². The van der Waals surface area contributed by atoms with Crippen molar-refractivity contribution in [1.29, 1.82) is 0 Å². The molecular formula is C21H21Br2N3O2. The molecule has 2 aromatic heterocycles. The number of ether oxygens (including phenoxy) is 2. The fourth-order valence-corrected chi connectivity index (χ4v) is 4.85. The largest absolute Gasteiger partial charge is 0.487 e. The van der Waals surface area contributed by atoms with Crippen LogP contribution in [0.15, 0.2) is 33.2 Å². The quantitative estimate of drug-likeness (QED) is 0.322. The first kappa shape index (κ1) is 19.5. The van der Waals surface area contributed by atoms with Gasteiger partial charge in [0.15, 0.2) is 17.1 Å². The van der Waals surface area contributed by atoms with Gasteiger partial charge in [0.05, 0.1) is 28.8 Å². The van der Waals surface area contributed by atoms with Crippen molar-refractivity contribution >= 4 is 65.0 Å². The third kappa shape index (κ3) is 3.35. The third-order valence-electron chi connectivity index (χ3n) is 4.37. The number of halogens is 2. The van der Waals surface area contributed by atoms with Gasteiger partial charge < -0.3 is 14.0 Å². The molecule has 0 aliphatic rings. The molecule has 28 heavy (non-hydrogen) atoms. The van der Waals surface area contributed by atoms with Gasteiger partial charge in [0.2, 0.25) is 0 Å². The number of benzene rings is 2. The summed E-state index contributed by atoms with van der Waals surface area (Å²) in [5.74, 6) is 1.37. The van der Waals surface area contributed by atoms with Crippen LogP contribution in [0, 0.1) is 0 Å². The number of hydrogen-bond donors (Lipinski definition) is 0. The van der Waals surface area contributed by atoms with Crippen molar-refractivity contribution in [2.24, 2.45) is 7.05 Å². The summed E-state index contributed by atoms with van der Waals surface area (Å²) >= 11 is 7.24. The van der Waals surface area contributed by atoms with Gasteiger partial charge in [-0.2, -0.15) is 0 Å². The van der Waals surface area contributed by atoms with Gasteiger partial charge in [-0.05, 0) is 55.8 Å². The van der Waals surface area contributed by atoms with Crippen LogP contribution in [-0.4, -0.2) is 26.7 Å². The lowest BCUT2D eigenvalue weighted by atomic mass is 10.2. The van der Waals surface area contributed by atoms with Crippen LogP contribution >= 0.6 is 31.9 Å². The molecular weight excluding hydrogens is 486 g/mol. The lowest BCUT2D eigenvalue weighted by molar-refractivity contribution is 0.199. The van der Waals surface area contributed by atoms with Crippen molar-refractivity contribution < 1.29 is 9.47 Å². The van der Waals surface area contributed by atoms with E-state index in [1.165, 1.54) is 0 Å². The molecule has 0 unspecified atom stereocenters. The first-order valence-corrected chi connectivity index (χ1v) is 10.8. The Morgan fingerprint density at radius 3 is 2.00 bits per heavy atom. The summed E-state index contributed by atoms with van der Waals surface area (Å²) in [7, 11) is 2.01. The van der Waals surface area contributed by atoms with E-state index < -0.39 is 0 Å². The summed E-state index contributed by atoms with van der Waals surface area (Å²) in [6.45, 7) is 7.99. The Balaban J connectivity index is 2.04. The van der Waals surface area contributed by atoms with Gasteiger partial charge in [0.25, 0.3) is 0 Å². The molecule has 0 bridgehead atoms. The van der Waals surface area contributed by atoms with Gasteiger partial charge in [0.1, 0.15) is 5.52 Å². The Hall–Kier alpha value is -1.86. The molecule has 146 valence electrons. The Labute approximate surface area is 180 Å². The van der Waals surface area contributed by atoms with E-state index in [4.69, 9.17) is 19.4 Å². The van der Waals surface area contributed by atoms with E-state index in [-0.39, 0.29) is 12.2 Å². The van der Waals surface area contributed by atoms with E-state index in [1.807, 2.05) is 52.9 Å². The van der Waals surface area contributed by atoms with Gasteiger partial charge in [-0.25, -0.2) is 9.97 Å². The highest BCUT2D eigenvalue weighted by atomic mass is 79.9. The zero-order valence-corrected chi connectivity index (χ0v) is 19.6. The number of aryl methyl sites for hydroxylation is 1. The lowest BCUT2D eigenvalue weighted by Crippen LogP contribution is -2.11. The SMILES string of the molecule is CC(C)Oc1cc2nc3c4cc(Br)cc(Br)c4n(C)c3nc2cc1OC(C)C. The molecule has 4 aromatic rings. The van der Waals surface area contributed by atoms with Crippen LogP contribution in [0.2, 0.25) is 0 Å². The second-order valence-electron chi connectivity index (χ2n) is 7.36. The Morgan fingerprint density at radius 2 is 1.43 bits per heavy atom. The molecule has 7 heteroatoms. The average Bonchev–Trinajstić information content (AvgIpc) is 2.85. The zero-order valence-electron chi connectivity index (χ0n) is 16.4. The van der Waals surface area contributed by atoms with Crippen molar-refractivity contribution in [3.8, 4) is 11.5 Å². The normalized spacial score (nSPS) is 12.0. The number of aromatic nitrogens is 3. The van der Waals surface area contributed by atoms with Crippen molar-refractivity contribution in [1.82, 2.24) is 14.5 Å². The van der Waals surface area contributed by atoms with Crippen molar-refractivity contribution in [2.45, 2.75) is 39.9 Å². The Kier molecular flexibility index (Phi) is 5.00. The Bertz CT molecular complexity index is 1220. The maximum atomic E-state index is 5.98. The zero-order chi connectivity index (χ0) is 20.2. The Morgan fingerprint density at radius 1 is 0.857 bits per heavy atom. The van der Waals surface area contributed by atoms with E-state index in [0.29, 0.717) is 11.5 Å². The third-order valence-corrected chi connectivity index (χ3v) is 5.44. The molecule has 0 amide bonds. The van der Waals surface area contributed by atoms with E-state index in [2.05, 4.69) is 42.5 Å². The summed E-state index contributed by atoms with van der Waals surface area (Å²) in [5.41, 5.74) is 4.31. The first-order chi connectivity index (χ1) is 13.2. The minimum atomic E-state index is 0.0353. The van der Waals surface area contributed by atoms with Crippen molar-refractivity contribution in [2.75, 3.05) is 0 Å². The lowest BCUT2D eigenvalue weighted by Gasteiger charge is -2.17. The topological polar surface area (TPSA) is 49.2 Å². The first-order valence-electron chi connectivity index (χ1n) is 9.17. The predicted molar refractivity (Wildman–Crippen MR) is 120 cm³/mol. The van der Waals surface area contributed by atoms with Crippen LogP contribution in [0.3, 0.4) is 0 Å². The fraction of sp³-hybridized carbons (Fsp3) is 0.333. The standard InChI is InChI=1S/C21H21Br2N3O2/c1-10(2)27-17-8-15-16(9-18(17)28-11(3)4)25-21-19(24-15)13-6-12(22)7-14(23)20(13)26(21)5/h6-11H,1-5H3. The van der Waals surface area contributed by atoms with Gasteiger partial charge in [-0.1, -0.05) is 15.9 Å².